The molecular weight excluding hydrogens is 400 g/mol. The Labute approximate surface area is 188 Å². The van der Waals surface area contributed by atoms with Crippen molar-refractivity contribution in [3.63, 3.8) is 0 Å². The lowest BCUT2D eigenvalue weighted by Gasteiger charge is -2.52. The van der Waals surface area contributed by atoms with Gasteiger partial charge in [0.2, 0.25) is 5.89 Å². The second-order valence-corrected chi connectivity index (χ2v) is 10.8. The maximum Gasteiger partial charge on any atom is 0.232 e. The maximum absolute atomic E-state index is 5.77. The first-order valence-electron chi connectivity index (χ1n) is 12.4. The Balaban J connectivity index is 1.02. The van der Waals surface area contributed by atoms with E-state index in [1.54, 1.807) is 0 Å². The highest BCUT2D eigenvalue weighted by atomic mass is 16.5. The van der Waals surface area contributed by atoms with E-state index in [-0.39, 0.29) is 5.41 Å². The van der Waals surface area contributed by atoms with E-state index >= 15 is 0 Å². The highest BCUT2D eigenvalue weighted by Gasteiger charge is 2.52. The summed E-state index contributed by atoms with van der Waals surface area (Å²) in [5.74, 6) is 4.07. The lowest BCUT2D eigenvalue weighted by atomic mass is 9.53. The van der Waals surface area contributed by atoms with Gasteiger partial charge in [0.25, 0.3) is 0 Å². The molecule has 1 aromatic carbocycles. The van der Waals surface area contributed by atoms with Crippen LogP contribution in [-0.4, -0.2) is 21.8 Å². The molecule has 0 radical (unpaired) electrons. The largest absolute Gasteiger partial charge is 0.384 e. The second-order valence-electron chi connectivity index (χ2n) is 10.8. The first kappa shape index (κ1) is 18.9. The number of rotatable bonds is 7. The van der Waals surface area contributed by atoms with Gasteiger partial charge in [0.1, 0.15) is 11.5 Å². The lowest BCUT2D eigenvalue weighted by molar-refractivity contribution is 0.0322. The number of nitrogens with one attached hydrogen (secondary N) is 1. The molecular formula is C26H30N4O2. The lowest BCUT2D eigenvalue weighted by Crippen LogP contribution is -2.47. The average Bonchev–Trinajstić information content (AvgIpc) is 3.78. The van der Waals surface area contributed by atoms with Gasteiger partial charge >= 0.3 is 0 Å². The molecule has 3 aromatic rings. The number of fused-ring (bicyclic) bond motifs is 3. The van der Waals surface area contributed by atoms with Crippen LogP contribution in [0.25, 0.3) is 11.3 Å². The highest BCUT2D eigenvalue weighted by molar-refractivity contribution is 5.65. The van der Waals surface area contributed by atoms with E-state index in [1.807, 2.05) is 0 Å². The number of hydrogen-bond acceptors (Lipinski definition) is 6. The molecule has 6 heteroatoms. The van der Waals surface area contributed by atoms with Gasteiger partial charge in [-0.15, -0.1) is 0 Å². The molecule has 0 aliphatic heterocycles. The van der Waals surface area contributed by atoms with Crippen molar-refractivity contribution < 1.29 is 9.05 Å². The van der Waals surface area contributed by atoms with Crippen molar-refractivity contribution in [2.75, 3.05) is 11.9 Å². The van der Waals surface area contributed by atoms with Crippen LogP contribution in [0, 0.1) is 5.41 Å². The molecule has 0 saturated heterocycles. The Bertz CT molecular complexity index is 1120. The average molecular weight is 431 g/mol. The van der Waals surface area contributed by atoms with Crippen LogP contribution in [0.2, 0.25) is 0 Å². The van der Waals surface area contributed by atoms with E-state index in [2.05, 4.69) is 46.0 Å². The predicted molar refractivity (Wildman–Crippen MR) is 120 cm³/mol. The number of anilines is 1. The van der Waals surface area contributed by atoms with Crippen LogP contribution in [0.5, 0.6) is 0 Å². The van der Waals surface area contributed by atoms with Crippen LogP contribution in [0.1, 0.15) is 93.5 Å². The Kier molecular flexibility index (Phi) is 4.09. The molecule has 5 aliphatic rings. The molecule has 32 heavy (non-hydrogen) atoms. The highest BCUT2D eigenvalue weighted by Crippen LogP contribution is 2.57. The molecule has 166 valence electrons. The molecule has 6 nitrogen and oxygen atoms in total. The van der Waals surface area contributed by atoms with Gasteiger partial charge in [0.15, 0.2) is 5.82 Å². The fourth-order valence-electron chi connectivity index (χ4n) is 5.87. The third-order valence-corrected chi connectivity index (χ3v) is 8.57. The van der Waals surface area contributed by atoms with Gasteiger partial charge in [-0.25, -0.2) is 0 Å². The van der Waals surface area contributed by atoms with Gasteiger partial charge in [-0.1, -0.05) is 22.4 Å². The summed E-state index contributed by atoms with van der Waals surface area (Å²) in [7, 11) is 0. The summed E-state index contributed by atoms with van der Waals surface area (Å²) < 4.78 is 11.3. The molecule has 0 unspecified atom stereocenters. The summed E-state index contributed by atoms with van der Waals surface area (Å²) in [4.78, 5) is 4.83. The van der Waals surface area contributed by atoms with Crippen molar-refractivity contribution in [1.29, 1.82) is 0 Å². The summed E-state index contributed by atoms with van der Waals surface area (Å²) in [6, 6.07) is 10.7. The fraction of sp³-hybridized carbons (Fsp3) is 0.577. The summed E-state index contributed by atoms with van der Waals surface area (Å²) in [5, 5.41) is 12.4. The number of nitrogens with zero attached hydrogens (tertiary/aromatic N) is 3. The normalized spacial score (nSPS) is 29.4. The monoisotopic (exact) mass is 430 g/mol. The molecule has 5 fully saturated rings. The van der Waals surface area contributed by atoms with Crippen molar-refractivity contribution in [1.82, 2.24) is 15.3 Å². The molecule has 0 amide bonds. The quantitative estimate of drug-likeness (QED) is 0.482. The standard InChI is InChI=1S/C26H30N4O2/c1-2-19(21-15-22(31-29-21)17-4-5-17)14-20(3-1)27-16-25-8-11-26(12-9-25,13-10-25)24-28-23(30-32-24)18-6-7-18/h1-3,14-15,17-18,27H,4-13,16H2. The zero-order valence-corrected chi connectivity index (χ0v) is 18.5. The third kappa shape index (κ3) is 3.26. The first-order valence-corrected chi connectivity index (χ1v) is 12.4. The van der Waals surface area contributed by atoms with Crippen LogP contribution >= 0.6 is 0 Å². The van der Waals surface area contributed by atoms with E-state index < -0.39 is 0 Å². The summed E-state index contributed by atoms with van der Waals surface area (Å²) >= 11 is 0. The van der Waals surface area contributed by atoms with Gasteiger partial charge in [-0.2, -0.15) is 4.98 Å². The minimum absolute atomic E-state index is 0.133. The number of aromatic nitrogens is 3. The van der Waals surface area contributed by atoms with Gasteiger partial charge in [-0.3, -0.25) is 0 Å². The molecule has 5 aliphatic carbocycles. The van der Waals surface area contributed by atoms with Gasteiger partial charge in [-0.05, 0) is 81.8 Å². The van der Waals surface area contributed by atoms with Crippen LogP contribution in [0.3, 0.4) is 0 Å². The van der Waals surface area contributed by atoms with E-state index in [0.29, 0.717) is 17.3 Å². The van der Waals surface area contributed by atoms with Crippen molar-refractivity contribution >= 4 is 5.69 Å². The molecule has 0 spiro atoms. The number of hydrogen-bond donors (Lipinski definition) is 1. The van der Waals surface area contributed by atoms with E-state index in [4.69, 9.17) is 14.0 Å². The van der Waals surface area contributed by atoms with Crippen LogP contribution in [0.15, 0.2) is 39.4 Å². The van der Waals surface area contributed by atoms with Crippen LogP contribution in [-0.2, 0) is 5.41 Å². The Morgan fingerprint density at radius 3 is 2.41 bits per heavy atom. The smallest absolute Gasteiger partial charge is 0.232 e. The van der Waals surface area contributed by atoms with Gasteiger partial charge < -0.3 is 14.4 Å². The molecule has 2 heterocycles. The summed E-state index contributed by atoms with van der Waals surface area (Å²) in [6.45, 7) is 1.02. The van der Waals surface area contributed by atoms with E-state index in [0.717, 1.165) is 35.3 Å². The van der Waals surface area contributed by atoms with Crippen molar-refractivity contribution in [3.05, 3.63) is 47.8 Å². The van der Waals surface area contributed by atoms with E-state index in [9.17, 15) is 0 Å². The van der Waals surface area contributed by atoms with Crippen LogP contribution in [0.4, 0.5) is 5.69 Å². The molecule has 0 atom stereocenters. The minimum atomic E-state index is 0.133. The Hall–Kier alpha value is -2.63. The predicted octanol–water partition coefficient (Wildman–Crippen LogP) is 6.18. The molecule has 8 rings (SSSR count). The van der Waals surface area contributed by atoms with E-state index in [1.165, 1.54) is 69.9 Å². The van der Waals surface area contributed by atoms with Gasteiger partial charge in [0.05, 0.1) is 0 Å². The SMILES string of the molecule is c1cc(NCC23CCC(c4nc(C5CC5)no4)(CC2)CC3)cc(-c2cc(C3CC3)on2)c1. The Morgan fingerprint density at radius 2 is 1.66 bits per heavy atom. The Morgan fingerprint density at radius 1 is 0.875 bits per heavy atom. The van der Waals surface area contributed by atoms with Crippen molar-refractivity contribution in [2.24, 2.45) is 5.41 Å². The first-order chi connectivity index (χ1) is 15.7. The van der Waals surface area contributed by atoms with Crippen molar-refractivity contribution in [2.45, 2.75) is 81.5 Å². The topological polar surface area (TPSA) is 77.0 Å². The molecule has 1 N–H and O–H groups in total. The summed E-state index contributed by atoms with van der Waals surface area (Å²) in [5.41, 5.74) is 3.75. The number of benzene rings is 1. The minimum Gasteiger partial charge on any atom is -0.384 e. The summed E-state index contributed by atoms with van der Waals surface area (Å²) in [6.07, 6.45) is 12.1. The maximum atomic E-state index is 5.77. The molecule has 2 bridgehead atoms. The fourth-order valence-corrected chi connectivity index (χ4v) is 5.87. The zero-order valence-electron chi connectivity index (χ0n) is 18.5. The van der Waals surface area contributed by atoms with Crippen LogP contribution < -0.4 is 5.32 Å². The van der Waals surface area contributed by atoms with Crippen molar-refractivity contribution in [3.8, 4) is 11.3 Å². The molecule has 5 saturated carbocycles. The zero-order chi connectivity index (χ0) is 21.2. The van der Waals surface area contributed by atoms with Gasteiger partial charge in [0, 0.05) is 41.1 Å². The molecule has 2 aromatic heterocycles. The second kappa shape index (κ2) is 6.93. The third-order valence-electron chi connectivity index (χ3n) is 8.57.